The average Bonchev–Trinajstić information content (AvgIpc) is 2.79. The van der Waals surface area contributed by atoms with Crippen molar-refractivity contribution in [1.29, 1.82) is 0 Å². The number of rotatable bonds is 2. The first-order valence-electron chi connectivity index (χ1n) is 6.19. The van der Waals surface area contributed by atoms with Gasteiger partial charge in [0.05, 0.1) is 5.56 Å². The summed E-state index contributed by atoms with van der Waals surface area (Å²) in [5, 5.41) is 4.25. The van der Waals surface area contributed by atoms with Crippen molar-refractivity contribution >= 4 is 11.3 Å². The first-order valence-corrected chi connectivity index (χ1v) is 6.19. The van der Waals surface area contributed by atoms with Crippen LogP contribution in [0.25, 0.3) is 5.65 Å². The third kappa shape index (κ3) is 2.81. The van der Waals surface area contributed by atoms with Crippen LogP contribution in [0.2, 0.25) is 0 Å². The molecule has 21 heavy (non-hydrogen) atoms. The second kappa shape index (κ2) is 4.76. The van der Waals surface area contributed by atoms with Crippen LogP contribution in [0.1, 0.15) is 17.0 Å². The number of hydrogen-bond acceptors (Lipinski definition) is 3. The molecule has 0 aliphatic rings. The van der Waals surface area contributed by atoms with Gasteiger partial charge in [-0.25, -0.2) is 9.50 Å². The predicted octanol–water partition coefficient (Wildman–Crippen LogP) is 2.92. The van der Waals surface area contributed by atoms with Crippen molar-refractivity contribution in [1.82, 2.24) is 14.6 Å². The van der Waals surface area contributed by atoms with Gasteiger partial charge >= 0.3 is 6.18 Å². The third-order valence-corrected chi connectivity index (χ3v) is 3.05. The number of nitrogens with zero attached hydrogens (tertiary/aromatic N) is 3. The van der Waals surface area contributed by atoms with Crippen LogP contribution >= 0.6 is 0 Å². The molecule has 7 heteroatoms. The van der Waals surface area contributed by atoms with Crippen molar-refractivity contribution in [2.75, 3.05) is 5.73 Å². The Labute approximate surface area is 118 Å². The number of benzene rings is 1. The second-order valence-corrected chi connectivity index (χ2v) is 4.66. The highest BCUT2D eigenvalue weighted by Gasteiger charge is 2.29. The summed E-state index contributed by atoms with van der Waals surface area (Å²) in [5.74, 6) is 0.528. The lowest BCUT2D eigenvalue weighted by Crippen LogP contribution is -2.04. The highest BCUT2D eigenvalue weighted by Crippen LogP contribution is 2.29. The maximum absolute atomic E-state index is 12.5. The Morgan fingerprint density at radius 2 is 1.81 bits per heavy atom. The monoisotopic (exact) mass is 292 g/mol. The van der Waals surface area contributed by atoms with Gasteiger partial charge in [-0.3, -0.25) is 0 Å². The quantitative estimate of drug-likeness (QED) is 0.790. The van der Waals surface area contributed by atoms with E-state index in [2.05, 4.69) is 10.1 Å². The molecule has 0 amide bonds. The fourth-order valence-electron chi connectivity index (χ4n) is 2.01. The van der Waals surface area contributed by atoms with Gasteiger partial charge in [-0.15, -0.1) is 0 Å². The lowest BCUT2D eigenvalue weighted by molar-refractivity contribution is -0.137. The predicted molar refractivity (Wildman–Crippen MR) is 71.6 cm³/mol. The van der Waals surface area contributed by atoms with E-state index in [4.69, 9.17) is 5.73 Å². The Balaban J connectivity index is 1.84. The van der Waals surface area contributed by atoms with Crippen LogP contribution in [0.5, 0.6) is 0 Å². The molecule has 1 aromatic carbocycles. The topological polar surface area (TPSA) is 56.2 Å². The summed E-state index contributed by atoms with van der Waals surface area (Å²) in [5.41, 5.74) is 6.89. The molecule has 3 rings (SSSR count). The number of hydrogen-bond donors (Lipinski definition) is 1. The van der Waals surface area contributed by atoms with Gasteiger partial charge in [-0.1, -0.05) is 12.1 Å². The molecule has 0 aliphatic heterocycles. The van der Waals surface area contributed by atoms with E-state index in [1.165, 1.54) is 12.1 Å². The SMILES string of the molecule is Nc1ccn2nc(Cc3ccc(C(F)(F)F)cc3)nc2c1. The number of nitrogen functional groups attached to an aromatic ring is 1. The van der Waals surface area contributed by atoms with Gasteiger partial charge in [0.25, 0.3) is 0 Å². The fraction of sp³-hybridized carbons (Fsp3) is 0.143. The zero-order valence-corrected chi connectivity index (χ0v) is 10.8. The molecule has 0 aliphatic carbocycles. The molecular formula is C14H11F3N4. The largest absolute Gasteiger partial charge is 0.416 e. The zero-order chi connectivity index (χ0) is 15.0. The molecule has 0 atom stereocenters. The van der Waals surface area contributed by atoms with Crippen molar-refractivity contribution in [2.24, 2.45) is 0 Å². The Kier molecular flexibility index (Phi) is 3.04. The molecule has 3 aromatic rings. The molecule has 0 unspecified atom stereocenters. The summed E-state index contributed by atoms with van der Waals surface area (Å²) < 4.78 is 39.0. The summed E-state index contributed by atoms with van der Waals surface area (Å²) in [6.45, 7) is 0. The van der Waals surface area contributed by atoms with Gasteiger partial charge < -0.3 is 5.73 Å². The van der Waals surface area contributed by atoms with Crippen LogP contribution in [0.15, 0.2) is 42.6 Å². The number of fused-ring (bicyclic) bond motifs is 1. The van der Waals surface area contributed by atoms with Gasteiger partial charge in [-0.05, 0) is 23.8 Å². The van der Waals surface area contributed by atoms with Gasteiger partial charge in [0.2, 0.25) is 0 Å². The summed E-state index contributed by atoms with van der Waals surface area (Å²) in [6.07, 6.45) is -2.27. The van der Waals surface area contributed by atoms with Crippen molar-refractivity contribution in [2.45, 2.75) is 12.6 Å². The van der Waals surface area contributed by atoms with E-state index in [9.17, 15) is 13.2 Å². The van der Waals surface area contributed by atoms with Crippen molar-refractivity contribution in [3.8, 4) is 0 Å². The van der Waals surface area contributed by atoms with Gasteiger partial charge in [0, 0.05) is 24.4 Å². The van der Waals surface area contributed by atoms with Gasteiger partial charge in [0.1, 0.15) is 0 Å². The summed E-state index contributed by atoms with van der Waals surface area (Å²) >= 11 is 0. The minimum absolute atomic E-state index is 0.361. The first-order chi connectivity index (χ1) is 9.91. The number of pyridine rings is 1. The second-order valence-electron chi connectivity index (χ2n) is 4.66. The molecule has 0 radical (unpaired) electrons. The molecule has 0 spiro atoms. The maximum Gasteiger partial charge on any atom is 0.416 e. The standard InChI is InChI=1S/C14H11F3N4/c15-14(16,17)10-3-1-9(2-4-10)7-12-19-13-8-11(18)5-6-21(13)20-12/h1-6,8H,7,18H2. The number of alkyl halides is 3. The molecule has 0 fully saturated rings. The number of halogens is 3. The summed E-state index contributed by atoms with van der Waals surface area (Å²) in [7, 11) is 0. The van der Waals surface area contributed by atoms with E-state index in [0.29, 0.717) is 29.1 Å². The maximum atomic E-state index is 12.5. The average molecular weight is 292 g/mol. The van der Waals surface area contributed by atoms with Gasteiger partial charge in [0.15, 0.2) is 11.5 Å². The Hall–Kier alpha value is -2.57. The van der Waals surface area contributed by atoms with Crippen LogP contribution in [0.3, 0.4) is 0 Å². The molecule has 0 saturated carbocycles. The third-order valence-electron chi connectivity index (χ3n) is 3.05. The molecule has 2 aromatic heterocycles. The molecule has 4 nitrogen and oxygen atoms in total. The first kappa shape index (κ1) is 13.4. The van der Waals surface area contributed by atoms with Crippen LogP contribution < -0.4 is 5.73 Å². The Bertz CT molecular complexity index is 775. The highest BCUT2D eigenvalue weighted by atomic mass is 19.4. The molecule has 2 heterocycles. The van der Waals surface area contributed by atoms with E-state index in [-0.39, 0.29) is 0 Å². The van der Waals surface area contributed by atoms with Crippen LogP contribution in [0, 0.1) is 0 Å². The van der Waals surface area contributed by atoms with E-state index >= 15 is 0 Å². The van der Waals surface area contributed by atoms with Gasteiger partial charge in [-0.2, -0.15) is 18.3 Å². The van der Waals surface area contributed by atoms with Crippen LogP contribution in [-0.2, 0) is 12.6 Å². The van der Waals surface area contributed by atoms with Crippen LogP contribution in [0.4, 0.5) is 18.9 Å². The van der Waals surface area contributed by atoms with Crippen molar-refractivity contribution in [3.63, 3.8) is 0 Å². The lowest BCUT2D eigenvalue weighted by Gasteiger charge is -2.06. The summed E-state index contributed by atoms with van der Waals surface area (Å²) in [4.78, 5) is 4.29. The molecule has 0 saturated heterocycles. The molecular weight excluding hydrogens is 281 g/mol. The minimum atomic E-state index is -4.32. The Morgan fingerprint density at radius 3 is 2.48 bits per heavy atom. The smallest absolute Gasteiger partial charge is 0.399 e. The van der Waals surface area contributed by atoms with E-state index in [1.54, 1.807) is 22.8 Å². The Morgan fingerprint density at radius 1 is 1.10 bits per heavy atom. The molecule has 2 N–H and O–H groups in total. The van der Waals surface area contributed by atoms with E-state index in [0.717, 1.165) is 12.1 Å². The number of aromatic nitrogens is 3. The lowest BCUT2D eigenvalue weighted by atomic mass is 10.1. The molecule has 0 bridgehead atoms. The number of anilines is 1. The summed E-state index contributed by atoms with van der Waals surface area (Å²) in [6, 6.07) is 8.37. The highest BCUT2D eigenvalue weighted by molar-refractivity contribution is 5.50. The van der Waals surface area contributed by atoms with E-state index < -0.39 is 11.7 Å². The fourth-order valence-corrected chi connectivity index (χ4v) is 2.01. The van der Waals surface area contributed by atoms with Crippen molar-refractivity contribution < 1.29 is 13.2 Å². The van der Waals surface area contributed by atoms with Crippen LogP contribution in [-0.4, -0.2) is 14.6 Å². The normalized spacial score (nSPS) is 12.0. The van der Waals surface area contributed by atoms with Crippen molar-refractivity contribution in [3.05, 3.63) is 59.5 Å². The molecule has 108 valence electrons. The van der Waals surface area contributed by atoms with E-state index in [1.807, 2.05) is 0 Å². The minimum Gasteiger partial charge on any atom is -0.399 e. The zero-order valence-electron chi connectivity index (χ0n) is 10.8. The number of nitrogens with two attached hydrogens (primary N) is 1.